The summed E-state index contributed by atoms with van der Waals surface area (Å²) in [6, 6.07) is 0.327. The van der Waals surface area contributed by atoms with E-state index in [1.54, 1.807) is 0 Å². The first-order chi connectivity index (χ1) is 7.35. The fourth-order valence-electron chi connectivity index (χ4n) is 2.03. The van der Waals surface area contributed by atoms with Gasteiger partial charge in [0.25, 0.3) is 0 Å². The van der Waals surface area contributed by atoms with Crippen LogP contribution in [0.4, 0.5) is 0 Å². The van der Waals surface area contributed by atoms with Crippen LogP contribution in [0.15, 0.2) is 0 Å². The molecule has 1 aliphatic rings. The zero-order valence-corrected chi connectivity index (χ0v) is 10.9. The molecule has 0 aromatic carbocycles. The van der Waals surface area contributed by atoms with E-state index in [2.05, 4.69) is 26.1 Å². The van der Waals surface area contributed by atoms with Crippen LogP contribution in [0.1, 0.15) is 53.4 Å². The van der Waals surface area contributed by atoms with Gasteiger partial charge in [0.15, 0.2) is 0 Å². The molecule has 2 atom stereocenters. The molecule has 0 aromatic heterocycles. The predicted octanol–water partition coefficient (Wildman–Crippen LogP) is 2.65. The molecular formula is C13H25NO2. The number of carbonyl (C=O) groups is 1. The number of hydrogen-bond donors (Lipinski definition) is 2. The quantitative estimate of drug-likeness (QED) is 0.703. The van der Waals surface area contributed by atoms with Crippen molar-refractivity contribution in [2.45, 2.75) is 65.0 Å². The van der Waals surface area contributed by atoms with E-state index in [0.29, 0.717) is 24.3 Å². The Morgan fingerprint density at radius 2 is 2.00 bits per heavy atom. The molecule has 2 unspecified atom stereocenters. The van der Waals surface area contributed by atoms with Crippen molar-refractivity contribution in [3.63, 3.8) is 0 Å². The Morgan fingerprint density at radius 3 is 2.38 bits per heavy atom. The third-order valence-corrected chi connectivity index (χ3v) is 3.57. The van der Waals surface area contributed by atoms with E-state index in [1.807, 2.05) is 6.92 Å². The van der Waals surface area contributed by atoms with Crippen molar-refractivity contribution in [1.82, 2.24) is 5.32 Å². The highest BCUT2D eigenvalue weighted by molar-refractivity contribution is 5.78. The molecule has 0 aliphatic heterocycles. The molecular weight excluding hydrogens is 202 g/mol. The van der Waals surface area contributed by atoms with E-state index in [-0.39, 0.29) is 0 Å². The number of rotatable bonds is 7. The molecule has 1 saturated carbocycles. The summed E-state index contributed by atoms with van der Waals surface area (Å²) >= 11 is 0. The smallest absolute Gasteiger partial charge is 0.323 e. The maximum absolute atomic E-state index is 11.3. The van der Waals surface area contributed by atoms with Crippen LogP contribution in [0.2, 0.25) is 0 Å². The van der Waals surface area contributed by atoms with Crippen molar-refractivity contribution in [2.75, 3.05) is 0 Å². The van der Waals surface area contributed by atoms with E-state index in [9.17, 15) is 9.90 Å². The fourth-order valence-corrected chi connectivity index (χ4v) is 2.03. The Labute approximate surface area is 98.6 Å². The van der Waals surface area contributed by atoms with E-state index < -0.39 is 11.5 Å². The zero-order chi connectivity index (χ0) is 12.3. The van der Waals surface area contributed by atoms with Gasteiger partial charge in [-0.2, -0.15) is 0 Å². The summed E-state index contributed by atoms with van der Waals surface area (Å²) in [7, 11) is 0. The molecule has 0 amide bonds. The zero-order valence-electron chi connectivity index (χ0n) is 10.9. The summed E-state index contributed by atoms with van der Waals surface area (Å²) in [5, 5.41) is 12.6. The molecule has 3 heteroatoms. The standard InChI is InChI=1S/C13H25NO2/c1-9(2)7-8-13(4,12(15)16)14-10(3)11-5-6-11/h9-11,14H,5-8H2,1-4H3,(H,15,16). The summed E-state index contributed by atoms with van der Waals surface area (Å²) in [5.41, 5.74) is -0.758. The van der Waals surface area contributed by atoms with Gasteiger partial charge in [0.2, 0.25) is 0 Å². The molecule has 16 heavy (non-hydrogen) atoms. The number of hydrogen-bond acceptors (Lipinski definition) is 2. The van der Waals surface area contributed by atoms with Gasteiger partial charge in [-0.3, -0.25) is 10.1 Å². The predicted molar refractivity (Wildman–Crippen MR) is 65.4 cm³/mol. The van der Waals surface area contributed by atoms with Crippen molar-refractivity contribution in [3.05, 3.63) is 0 Å². The van der Waals surface area contributed by atoms with Gasteiger partial charge in [0, 0.05) is 6.04 Å². The number of aliphatic carboxylic acids is 1. The Hall–Kier alpha value is -0.570. The van der Waals surface area contributed by atoms with Gasteiger partial charge in [0.1, 0.15) is 5.54 Å². The van der Waals surface area contributed by atoms with E-state index >= 15 is 0 Å². The van der Waals surface area contributed by atoms with Gasteiger partial charge in [-0.25, -0.2) is 0 Å². The van der Waals surface area contributed by atoms with Crippen LogP contribution >= 0.6 is 0 Å². The molecule has 0 saturated heterocycles. The highest BCUT2D eigenvalue weighted by Gasteiger charge is 2.38. The topological polar surface area (TPSA) is 49.3 Å². The van der Waals surface area contributed by atoms with E-state index in [0.717, 1.165) is 6.42 Å². The van der Waals surface area contributed by atoms with Crippen LogP contribution in [-0.2, 0) is 4.79 Å². The highest BCUT2D eigenvalue weighted by Crippen LogP contribution is 2.33. The lowest BCUT2D eigenvalue weighted by atomic mass is 9.91. The molecule has 0 heterocycles. The second-order valence-electron chi connectivity index (χ2n) is 5.84. The Morgan fingerprint density at radius 1 is 1.44 bits per heavy atom. The van der Waals surface area contributed by atoms with Crippen LogP contribution in [0.5, 0.6) is 0 Å². The first kappa shape index (κ1) is 13.5. The van der Waals surface area contributed by atoms with Crippen LogP contribution < -0.4 is 5.32 Å². The largest absolute Gasteiger partial charge is 0.480 e. The highest BCUT2D eigenvalue weighted by atomic mass is 16.4. The minimum atomic E-state index is -0.758. The minimum Gasteiger partial charge on any atom is -0.480 e. The van der Waals surface area contributed by atoms with Crippen molar-refractivity contribution in [1.29, 1.82) is 0 Å². The summed E-state index contributed by atoms with van der Waals surface area (Å²) < 4.78 is 0. The Bertz CT molecular complexity index is 248. The third-order valence-electron chi connectivity index (χ3n) is 3.57. The Balaban J connectivity index is 2.52. The van der Waals surface area contributed by atoms with Crippen molar-refractivity contribution < 1.29 is 9.90 Å². The molecule has 0 bridgehead atoms. The van der Waals surface area contributed by atoms with Gasteiger partial charge < -0.3 is 5.11 Å². The maximum Gasteiger partial charge on any atom is 0.323 e. The van der Waals surface area contributed by atoms with Crippen LogP contribution in [0.3, 0.4) is 0 Å². The average Bonchev–Trinajstić information content (AvgIpc) is 2.97. The molecule has 0 aromatic rings. The van der Waals surface area contributed by atoms with Crippen LogP contribution in [0, 0.1) is 11.8 Å². The fraction of sp³-hybridized carbons (Fsp3) is 0.923. The normalized spacial score (nSPS) is 21.8. The van der Waals surface area contributed by atoms with Crippen LogP contribution in [0.25, 0.3) is 0 Å². The first-order valence-electron chi connectivity index (χ1n) is 6.36. The van der Waals surface area contributed by atoms with Gasteiger partial charge in [-0.15, -0.1) is 0 Å². The molecule has 0 radical (unpaired) electrons. The summed E-state index contributed by atoms with van der Waals surface area (Å²) in [6.07, 6.45) is 4.15. The lowest BCUT2D eigenvalue weighted by Gasteiger charge is -2.30. The van der Waals surface area contributed by atoms with Crippen LogP contribution in [-0.4, -0.2) is 22.7 Å². The molecule has 0 spiro atoms. The lowest BCUT2D eigenvalue weighted by Crippen LogP contribution is -2.53. The molecule has 2 N–H and O–H groups in total. The van der Waals surface area contributed by atoms with Crippen molar-refractivity contribution in [3.8, 4) is 0 Å². The third kappa shape index (κ3) is 3.78. The maximum atomic E-state index is 11.3. The van der Waals surface area contributed by atoms with Gasteiger partial charge >= 0.3 is 5.97 Å². The summed E-state index contributed by atoms with van der Waals surface area (Å²) in [4.78, 5) is 11.3. The second kappa shape index (κ2) is 5.17. The summed E-state index contributed by atoms with van der Waals surface area (Å²) in [6.45, 7) is 8.18. The van der Waals surface area contributed by atoms with Crippen molar-refractivity contribution >= 4 is 5.97 Å². The Kier molecular flexibility index (Phi) is 4.36. The molecule has 1 rings (SSSR count). The molecule has 3 nitrogen and oxygen atoms in total. The lowest BCUT2D eigenvalue weighted by molar-refractivity contribution is -0.145. The van der Waals surface area contributed by atoms with Gasteiger partial charge in [-0.1, -0.05) is 13.8 Å². The van der Waals surface area contributed by atoms with Gasteiger partial charge in [0.05, 0.1) is 0 Å². The van der Waals surface area contributed by atoms with Gasteiger partial charge in [-0.05, 0) is 51.4 Å². The SMILES string of the molecule is CC(C)CCC(C)(NC(C)C1CC1)C(=O)O. The van der Waals surface area contributed by atoms with E-state index in [4.69, 9.17) is 0 Å². The monoisotopic (exact) mass is 227 g/mol. The summed E-state index contributed by atoms with van der Waals surface area (Å²) in [5.74, 6) is 0.523. The number of carboxylic acid groups (broad SMARTS) is 1. The van der Waals surface area contributed by atoms with E-state index in [1.165, 1.54) is 12.8 Å². The number of carboxylic acids is 1. The van der Waals surface area contributed by atoms with Crippen molar-refractivity contribution in [2.24, 2.45) is 11.8 Å². The molecule has 1 aliphatic carbocycles. The average molecular weight is 227 g/mol. The minimum absolute atomic E-state index is 0.327. The molecule has 1 fully saturated rings. The first-order valence-corrected chi connectivity index (χ1v) is 6.36. The molecule has 94 valence electrons. The number of nitrogens with one attached hydrogen (secondary N) is 1. The second-order valence-corrected chi connectivity index (χ2v) is 5.84.